The zero-order chi connectivity index (χ0) is 12.6. The summed E-state index contributed by atoms with van der Waals surface area (Å²) in [4.78, 5) is 6.74. The SMILES string of the molecule is Nc1nc(-n2cc(Cl)cn2)cc(C(F)(F)F)n1. The van der Waals surface area contributed by atoms with Crippen LogP contribution in [0.15, 0.2) is 18.5 Å². The highest BCUT2D eigenvalue weighted by Gasteiger charge is 2.33. The topological polar surface area (TPSA) is 69.6 Å². The van der Waals surface area contributed by atoms with Crippen molar-refractivity contribution >= 4 is 17.5 Å². The minimum absolute atomic E-state index is 0.100. The van der Waals surface area contributed by atoms with E-state index in [1.807, 2.05) is 0 Å². The second kappa shape index (κ2) is 3.88. The molecule has 2 heterocycles. The van der Waals surface area contributed by atoms with E-state index in [2.05, 4.69) is 15.1 Å². The predicted octanol–water partition coefficient (Wildman–Crippen LogP) is 1.92. The smallest absolute Gasteiger partial charge is 0.368 e. The monoisotopic (exact) mass is 263 g/mol. The van der Waals surface area contributed by atoms with Crippen molar-refractivity contribution in [3.05, 3.63) is 29.2 Å². The van der Waals surface area contributed by atoms with Crippen molar-refractivity contribution in [2.45, 2.75) is 6.18 Å². The summed E-state index contributed by atoms with van der Waals surface area (Å²) in [7, 11) is 0. The van der Waals surface area contributed by atoms with Gasteiger partial charge in [-0.05, 0) is 0 Å². The number of nitrogen functional groups attached to an aromatic ring is 1. The normalized spacial score (nSPS) is 11.8. The van der Waals surface area contributed by atoms with Crippen LogP contribution in [0.4, 0.5) is 19.1 Å². The Morgan fingerprint density at radius 3 is 2.53 bits per heavy atom. The lowest BCUT2D eigenvalue weighted by Crippen LogP contribution is -2.13. The van der Waals surface area contributed by atoms with Gasteiger partial charge in [-0.15, -0.1) is 0 Å². The largest absolute Gasteiger partial charge is 0.433 e. The molecule has 5 nitrogen and oxygen atoms in total. The predicted molar refractivity (Wildman–Crippen MR) is 53.6 cm³/mol. The molecule has 17 heavy (non-hydrogen) atoms. The second-order valence-corrected chi connectivity index (χ2v) is 3.51. The molecule has 0 bridgehead atoms. The Hall–Kier alpha value is -1.83. The van der Waals surface area contributed by atoms with E-state index in [4.69, 9.17) is 17.3 Å². The lowest BCUT2D eigenvalue weighted by Gasteiger charge is -2.08. The molecular formula is C8H5ClF3N5. The van der Waals surface area contributed by atoms with Crippen LogP contribution in [0.1, 0.15) is 5.69 Å². The van der Waals surface area contributed by atoms with Crippen LogP contribution >= 0.6 is 11.6 Å². The Labute approximate surface area is 98.0 Å². The standard InChI is InChI=1S/C8H5ClF3N5/c9-4-2-14-17(3-4)6-1-5(8(10,11)12)15-7(13)16-6/h1-3H,(H2,13,15,16). The number of hydrogen-bond acceptors (Lipinski definition) is 4. The number of alkyl halides is 3. The molecule has 9 heteroatoms. The van der Waals surface area contributed by atoms with E-state index in [1.165, 1.54) is 12.4 Å². The van der Waals surface area contributed by atoms with Gasteiger partial charge in [0.05, 0.1) is 17.4 Å². The van der Waals surface area contributed by atoms with Crippen LogP contribution < -0.4 is 5.73 Å². The highest BCUT2D eigenvalue weighted by molar-refractivity contribution is 6.30. The number of rotatable bonds is 1. The van der Waals surface area contributed by atoms with Crippen LogP contribution in [0.25, 0.3) is 5.82 Å². The van der Waals surface area contributed by atoms with E-state index in [0.717, 1.165) is 10.7 Å². The van der Waals surface area contributed by atoms with Gasteiger partial charge in [0.2, 0.25) is 5.95 Å². The first-order valence-corrected chi connectivity index (χ1v) is 4.66. The molecule has 0 saturated carbocycles. The maximum Gasteiger partial charge on any atom is 0.433 e. The summed E-state index contributed by atoms with van der Waals surface area (Å²) in [5, 5.41) is 4.00. The van der Waals surface area contributed by atoms with Gasteiger partial charge in [-0.1, -0.05) is 11.6 Å². The van der Waals surface area contributed by atoms with Crippen LogP contribution in [-0.4, -0.2) is 19.7 Å². The van der Waals surface area contributed by atoms with Gasteiger partial charge in [-0.25, -0.2) is 9.67 Å². The highest BCUT2D eigenvalue weighted by atomic mass is 35.5. The molecular weight excluding hydrogens is 259 g/mol. The van der Waals surface area contributed by atoms with Gasteiger partial charge in [-0.3, -0.25) is 0 Å². The van der Waals surface area contributed by atoms with Crippen LogP contribution in [0.2, 0.25) is 5.02 Å². The van der Waals surface area contributed by atoms with Gasteiger partial charge in [0.1, 0.15) is 0 Å². The fourth-order valence-corrected chi connectivity index (χ4v) is 1.28. The molecule has 2 N–H and O–H groups in total. The molecule has 0 aliphatic carbocycles. The van der Waals surface area contributed by atoms with Crippen molar-refractivity contribution in [2.75, 3.05) is 5.73 Å². The van der Waals surface area contributed by atoms with Gasteiger partial charge in [0.25, 0.3) is 0 Å². The van der Waals surface area contributed by atoms with Gasteiger partial charge >= 0.3 is 6.18 Å². The lowest BCUT2D eigenvalue weighted by molar-refractivity contribution is -0.141. The second-order valence-electron chi connectivity index (χ2n) is 3.07. The Balaban J connectivity index is 2.52. The lowest BCUT2D eigenvalue weighted by atomic mass is 10.4. The third-order valence-corrected chi connectivity index (χ3v) is 2.00. The van der Waals surface area contributed by atoms with Crippen molar-refractivity contribution in [3.8, 4) is 5.82 Å². The van der Waals surface area contributed by atoms with E-state index in [1.54, 1.807) is 0 Å². The van der Waals surface area contributed by atoms with Crippen molar-refractivity contribution in [1.82, 2.24) is 19.7 Å². The minimum atomic E-state index is -4.59. The summed E-state index contributed by atoms with van der Waals surface area (Å²) in [6.45, 7) is 0. The first kappa shape index (κ1) is 11.6. The molecule has 0 fully saturated rings. The van der Waals surface area contributed by atoms with Crippen molar-refractivity contribution < 1.29 is 13.2 Å². The molecule has 2 aromatic heterocycles. The Morgan fingerprint density at radius 2 is 2.00 bits per heavy atom. The first-order chi connectivity index (χ1) is 7.86. The molecule has 0 aliphatic heterocycles. The summed E-state index contributed by atoms with van der Waals surface area (Å²) in [6, 6.07) is 0.736. The number of halogens is 4. The summed E-state index contributed by atoms with van der Waals surface area (Å²) in [5.74, 6) is -0.585. The number of nitrogens with two attached hydrogens (primary N) is 1. The van der Waals surface area contributed by atoms with Gasteiger partial charge in [0, 0.05) is 6.07 Å². The molecule has 90 valence electrons. The molecule has 2 rings (SSSR count). The van der Waals surface area contributed by atoms with Crippen LogP contribution in [0.5, 0.6) is 0 Å². The molecule has 0 saturated heterocycles. The fourth-order valence-electron chi connectivity index (χ4n) is 1.14. The number of nitrogens with zero attached hydrogens (tertiary/aromatic N) is 4. The molecule has 0 amide bonds. The van der Waals surface area contributed by atoms with Crippen molar-refractivity contribution in [3.63, 3.8) is 0 Å². The van der Waals surface area contributed by atoms with Gasteiger partial charge in [-0.2, -0.15) is 23.3 Å². The summed E-state index contributed by atoms with van der Waals surface area (Å²) in [5.41, 5.74) is 4.07. The van der Waals surface area contributed by atoms with E-state index in [-0.39, 0.29) is 10.8 Å². The molecule has 0 unspecified atom stereocenters. The fraction of sp³-hybridized carbons (Fsp3) is 0.125. The van der Waals surface area contributed by atoms with Crippen LogP contribution in [0, 0.1) is 0 Å². The third kappa shape index (κ3) is 2.47. The van der Waals surface area contributed by atoms with Crippen LogP contribution in [-0.2, 0) is 6.18 Å². The number of aromatic nitrogens is 4. The molecule has 0 aliphatic rings. The van der Waals surface area contributed by atoms with Crippen molar-refractivity contribution in [2.24, 2.45) is 0 Å². The average Bonchev–Trinajstić information content (AvgIpc) is 2.62. The molecule has 0 radical (unpaired) electrons. The maximum absolute atomic E-state index is 12.5. The quantitative estimate of drug-likeness (QED) is 0.853. The van der Waals surface area contributed by atoms with E-state index in [9.17, 15) is 13.2 Å². The molecule has 0 spiro atoms. The average molecular weight is 264 g/mol. The molecule has 0 atom stereocenters. The Kier molecular flexibility index (Phi) is 2.66. The van der Waals surface area contributed by atoms with E-state index < -0.39 is 17.8 Å². The third-order valence-electron chi connectivity index (χ3n) is 1.81. The Morgan fingerprint density at radius 1 is 1.29 bits per heavy atom. The van der Waals surface area contributed by atoms with Crippen LogP contribution in [0.3, 0.4) is 0 Å². The molecule has 2 aromatic rings. The van der Waals surface area contributed by atoms with E-state index in [0.29, 0.717) is 0 Å². The number of hydrogen-bond donors (Lipinski definition) is 1. The number of anilines is 1. The summed E-state index contributed by atoms with van der Waals surface area (Å²) < 4.78 is 38.5. The summed E-state index contributed by atoms with van der Waals surface area (Å²) in [6.07, 6.45) is -2.01. The zero-order valence-corrected chi connectivity index (χ0v) is 8.87. The van der Waals surface area contributed by atoms with E-state index >= 15 is 0 Å². The highest BCUT2D eigenvalue weighted by Crippen LogP contribution is 2.28. The van der Waals surface area contributed by atoms with Gasteiger partial charge < -0.3 is 5.73 Å². The van der Waals surface area contributed by atoms with Crippen molar-refractivity contribution in [1.29, 1.82) is 0 Å². The Bertz CT molecular complexity index is 550. The first-order valence-electron chi connectivity index (χ1n) is 4.28. The zero-order valence-electron chi connectivity index (χ0n) is 8.11. The molecule has 0 aromatic carbocycles. The van der Waals surface area contributed by atoms with Gasteiger partial charge in [0.15, 0.2) is 11.5 Å². The maximum atomic E-state index is 12.5. The minimum Gasteiger partial charge on any atom is -0.368 e. The summed E-state index contributed by atoms with van der Waals surface area (Å²) >= 11 is 5.60.